The molecule has 1 heterocycles. The molecule has 1 aromatic heterocycles. The van der Waals surface area contributed by atoms with Crippen LogP contribution in [0.15, 0.2) is 6.08 Å². The monoisotopic (exact) mass is 404 g/mol. The van der Waals surface area contributed by atoms with Crippen molar-refractivity contribution >= 4 is 18.0 Å². The minimum absolute atomic E-state index is 0.230. The third kappa shape index (κ3) is 6.70. The van der Waals surface area contributed by atoms with Crippen LogP contribution in [-0.4, -0.2) is 48.5 Å². The predicted molar refractivity (Wildman–Crippen MR) is 99.0 cm³/mol. The first kappa shape index (κ1) is 23.7. The molecule has 0 aromatic carbocycles. The molecule has 0 bridgehead atoms. The first-order valence-electron chi connectivity index (χ1n) is 9.01. The fourth-order valence-electron chi connectivity index (χ4n) is 2.89. The number of hydrogen-bond acceptors (Lipinski definition) is 4. The highest BCUT2D eigenvalue weighted by Crippen LogP contribution is 2.25. The molecule has 1 amide bonds. The molecule has 1 unspecified atom stereocenters. The summed E-state index contributed by atoms with van der Waals surface area (Å²) >= 11 is 0. The SMILES string of the molecule is CCOC(=O)c1c(/C=C/C(=O)NC(C)COCC(F)(F)F)c(C)n(CC)c1C. The molecule has 1 N–H and O–H groups in total. The number of nitrogens with one attached hydrogen (secondary N) is 1. The summed E-state index contributed by atoms with van der Waals surface area (Å²) in [5.74, 6) is -0.969. The van der Waals surface area contributed by atoms with Gasteiger partial charge in [0.2, 0.25) is 5.91 Å². The number of halogens is 3. The summed E-state index contributed by atoms with van der Waals surface area (Å²) < 4.78 is 47.8. The summed E-state index contributed by atoms with van der Waals surface area (Å²) in [6.45, 7) is 8.08. The van der Waals surface area contributed by atoms with Gasteiger partial charge in [0.15, 0.2) is 0 Å². The van der Waals surface area contributed by atoms with E-state index in [1.54, 1.807) is 13.8 Å². The van der Waals surface area contributed by atoms with Gasteiger partial charge in [0.1, 0.15) is 6.61 Å². The van der Waals surface area contributed by atoms with Crippen LogP contribution in [0.1, 0.15) is 48.1 Å². The van der Waals surface area contributed by atoms with Crippen LogP contribution in [0.25, 0.3) is 6.08 Å². The Hall–Kier alpha value is -2.29. The summed E-state index contributed by atoms with van der Waals surface area (Å²) in [6.07, 6.45) is -1.65. The number of hydrogen-bond donors (Lipinski definition) is 1. The Bertz CT molecular complexity index is 724. The van der Waals surface area contributed by atoms with Crippen molar-refractivity contribution in [3.8, 4) is 0 Å². The molecule has 28 heavy (non-hydrogen) atoms. The highest BCUT2D eigenvalue weighted by molar-refractivity contribution is 5.98. The number of carbonyl (C=O) groups excluding carboxylic acids is 2. The van der Waals surface area contributed by atoms with E-state index in [4.69, 9.17) is 4.74 Å². The summed E-state index contributed by atoms with van der Waals surface area (Å²) in [5, 5.41) is 2.52. The normalized spacial score (nSPS) is 13.0. The first-order chi connectivity index (χ1) is 13.0. The number of alkyl halides is 3. The molecule has 0 radical (unpaired) electrons. The first-order valence-corrected chi connectivity index (χ1v) is 9.01. The van der Waals surface area contributed by atoms with E-state index in [2.05, 4.69) is 10.1 Å². The lowest BCUT2D eigenvalue weighted by atomic mass is 10.1. The molecule has 1 atom stereocenters. The van der Waals surface area contributed by atoms with Crippen LogP contribution >= 0.6 is 0 Å². The van der Waals surface area contributed by atoms with Crippen molar-refractivity contribution in [2.75, 3.05) is 19.8 Å². The van der Waals surface area contributed by atoms with Crippen LogP contribution in [0.5, 0.6) is 0 Å². The maximum absolute atomic E-state index is 12.3. The Morgan fingerprint density at radius 2 is 1.86 bits per heavy atom. The maximum Gasteiger partial charge on any atom is 0.411 e. The molecular formula is C19H27F3N2O4. The lowest BCUT2D eigenvalue weighted by Gasteiger charge is -2.14. The summed E-state index contributed by atoms with van der Waals surface area (Å²) in [7, 11) is 0. The number of rotatable bonds is 9. The van der Waals surface area contributed by atoms with E-state index < -0.39 is 30.7 Å². The minimum Gasteiger partial charge on any atom is -0.462 e. The molecule has 0 aliphatic carbocycles. The highest BCUT2D eigenvalue weighted by atomic mass is 19.4. The molecule has 6 nitrogen and oxygen atoms in total. The Kier molecular flexibility index (Phi) is 8.74. The van der Waals surface area contributed by atoms with Crippen molar-refractivity contribution in [2.24, 2.45) is 0 Å². The van der Waals surface area contributed by atoms with E-state index >= 15 is 0 Å². The molecular weight excluding hydrogens is 377 g/mol. The van der Waals surface area contributed by atoms with E-state index in [1.807, 2.05) is 18.4 Å². The van der Waals surface area contributed by atoms with E-state index in [-0.39, 0.29) is 13.2 Å². The van der Waals surface area contributed by atoms with Crippen LogP contribution < -0.4 is 5.32 Å². The second-order valence-corrected chi connectivity index (χ2v) is 6.30. The molecule has 1 aromatic rings. The van der Waals surface area contributed by atoms with Crippen LogP contribution in [0.2, 0.25) is 0 Å². The second kappa shape index (κ2) is 10.3. The zero-order valence-corrected chi connectivity index (χ0v) is 16.8. The van der Waals surface area contributed by atoms with Crippen LogP contribution in [0.3, 0.4) is 0 Å². The molecule has 0 aliphatic rings. The third-order valence-electron chi connectivity index (χ3n) is 4.05. The van der Waals surface area contributed by atoms with Crippen molar-refractivity contribution in [2.45, 2.75) is 53.4 Å². The van der Waals surface area contributed by atoms with E-state index in [1.165, 1.54) is 19.1 Å². The van der Waals surface area contributed by atoms with Crippen molar-refractivity contribution < 1.29 is 32.2 Å². The zero-order valence-electron chi connectivity index (χ0n) is 16.8. The van der Waals surface area contributed by atoms with Gasteiger partial charge in [0, 0.05) is 35.6 Å². The number of amides is 1. The fraction of sp³-hybridized carbons (Fsp3) is 0.579. The fourth-order valence-corrected chi connectivity index (χ4v) is 2.89. The van der Waals surface area contributed by atoms with Gasteiger partial charge in [-0.05, 0) is 40.7 Å². The Morgan fingerprint density at radius 3 is 2.39 bits per heavy atom. The summed E-state index contributed by atoms with van der Waals surface area (Å²) in [6, 6.07) is -0.605. The lowest BCUT2D eigenvalue weighted by molar-refractivity contribution is -0.175. The average Bonchev–Trinajstić information content (AvgIpc) is 2.81. The average molecular weight is 404 g/mol. The zero-order chi connectivity index (χ0) is 21.5. The van der Waals surface area contributed by atoms with Gasteiger partial charge in [0.25, 0.3) is 0 Å². The Balaban J connectivity index is 2.87. The van der Waals surface area contributed by atoms with Gasteiger partial charge in [0.05, 0.1) is 18.8 Å². The number of aromatic nitrogens is 1. The summed E-state index contributed by atoms with van der Waals surface area (Å²) in [4.78, 5) is 24.4. The summed E-state index contributed by atoms with van der Waals surface area (Å²) in [5.41, 5.74) is 2.53. The number of nitrogens with zero attached hydrogens (tertiary/aromatic N) is 1. The van der Waals surface area contributed by atoms with Crippen molar-refractivity contribution in [1.29, 1.82) is 0 Å². The standard InChI is InChI=1S/C19H27F3N2O4/c1-6-24-13(4)15(17(14(24)5)18(26)28-7-2)8-9-16(25)23-12(3)10-27-11-19(20,21)22/h8-9,12H,6-7,10-11H2,1-5H3,(H,23,25)/b9-8+. The predicted octanol–water partition coefficient (Wildman–Crippen LogP) is 3.40. The van der Waals surface area contributed by atoms with Gasteiger partial charge in [-0.2, -0.15) is 13.2 Å². The van der Waals surface area contributed by atoms with E-state index in [0.29, 0.717) is 17.7 Å². The minimum atomic E-state index is -4.41. The molecule has 0 spiro atoms. The van der Waals surface area contributed by atoms with Gasteiger partial charge in [-0.1, -0.05) is 0 Å². The molecule has 0 fully saturated rings. The van der Waals surface area contributed by atoms with Gasteiger partial charge >= 0.3 is 12.1 Å². The lowest BCUT2D eigenvalue weighted by Crippen LogP contribution is -2.35. The highest BCUT2D eigenvalue weighted by Gasteiger charge is 2.27. The molecule has 0 saturated heterocycles. The van der Waals surface area contributed by atoms with Gasteiger partial charge in [-0.3, -0.25) is 4.79 Å². The van der Waals surface area contributed by atoms with Gasteiger partial charge in [-0.15, -0.1) is 0 Å². The third-order valence-corrected chi connectivity index (χ3v) is 4.05. The largest absolute Gasteiger partial charge is 0.462 e. The number of esters is 1. The molecule has 9 heteroatoms. The van der Waals surface area contributed by atoms with E-state index in [9.17, 15) is 22.8 Å². The quantitative estimate of drug-likeness (QED) is 0.506. The number of carbonyl (C=O) groups is 2. The van der Waals surface area contributed by atoms with E-state index in [0.717, 1.165) is 11.4 Å². The molecule has 0 saturated carbocycles. The molecule has 1 rings (SSSR count). The topological polar surface area (TPSA) is 69.6 Å². The van der Waals surface area contributed by atoms with Crippen molar-refractivity contribution in [3.63, 3.8) is 0 Å². The van der Waals surface area contributed by atoms with Crippen LogP contribution in [0.4, 0.5) is 13.2 Å². The maximum atomic E-state index is 12.3. The Morgan fingerprint density at radius 1 is 1.21 bits per heavy atom. The Labute approximate surface area is 162 Å². The second-order valence-electron chi connectivity index (χ2n) is 6.30. The van der Waals surface area contributed by atoms with Gasteiger partial charge < -0.3 is 19.4 Å². The van der Waals surface area contributed by atoms with Crippen molar-refractivity contribution in [1.82, 2.24) is 9.88 Å². The molecule has 158 valence electrons. The van der Waals surface area contributed by atoms with Crippen molar-refractivity contribution in [3.05, 3.63) is 28.6 Å². The van der Waals surface area contributed by atoms with Crippen LogP contribution in [-0.2, 0) is 20.8 Å². The van der Waals surface area contributed by atoms with Gasteiger partial charge in [-0.25, -0.2) is 4.79 Å². The molecule has 0 aliphatic heterocycles. The smallest absolute Gasteiger partial charge is 0.411 e. The van der Waals surface area contributed by atoms with Crippen LogP contribution in [0, 0.1) is 13.8 Å². The number of ether oxygens (including phenoxy) is 2.